The molecule has 3 unspecified atom stereocenters. The number of amides is 1. The molecular formula is C14H18BrN3O2. The first kappa shape index (κ1) is 13.9. The third kappa shape index (κ3) is 2.03. The normalized spacial score (nSPS) is 28.7. The molecule has 3 rings (SSSR count). The molecule has 108 valence electrons. The van der Waals surface area contributed by atoms with Gasteiger partial charge in [0.05, 0.1) is 18.3 Å². The summed E-state index contributed by atoms with van der Waals surface area (Å²) in [5.41, 5.74) is 8.45. The zero-order valence-electron chi connectivity index (χ0n) is 11.3. The van der Waals surface area contributed by atoms with Gasteiger partial charge < -0.3 is 21.1 Å². The van der Waals surface area contributed by atoms with E-state index in [1.165, 1.54) is 0 Å². The minimum absolute atomic E-state index is 0.120. The van der Waals surface area contributed by atoms with Crippen LogP contribution in [0.2, 0.25) is 0 Å². The zero-order valence-corrected chi connectivity index (χ0v) is 12.9. The van der Waals surface area contributed by atoms with Crippen LogP contribution in [-0.2, 0) is 4.79 Å². The standard InChI is InChI=1S/C14H18BrN3O2/c1-7-2-3-18(12(7)6-19)11-5-10-8(4-9(11)15)13(16)14(20)17-10/h4-5,7,12-13,19H,2-3,6,16H2,1H3,(H,17,20). The second kappa shape index (κ2) is 5.02. The van der Waals surface area contributed by atoms with E-state index in [4.69, 9.17) is 5.73 Å². The molecule has 2 aliphatic rings. The van der Waals surface area contributed by atoms with Crippen molar-refractivity contribution in [1.82, 2.24) is 0 Å². The lowest BCUT2D eigenvalue weighted by molar-refractivity contribution is -0.116. The van der Waals surface area contributed by atoms with Crippen LogP contribution in [0, 0.1) is 5.92 Å². The number of carbonyl (C=O) groups excluding carboxylic acids is 1. The van der Waals surface area contributed by atoms with Gasteiger partial charge in [0.25, 0.3) is 0 Å². The molecular weight excluding hydrogens is 322 g/mol. The molecule has 2 heterocycles. The highest BCUT2D eigenvalue weighted by atomic mass is 79.9. The van der Waals surface area contributed by atoms with E-state index in [1.54, 1.807) is 0 Å². The van der Waals surface area contributed by atoms with Gasteiger partial charge in [0.15, 0.2) is 0 Å². The summed E-state index contributed by atoms with van der Waals surface area (Å²) < 4.78 is 0.913. The fourth-order valence-corrected chi connectivity index (χ4v) is 3.69. The lowest BCUT2D eigenvalue weighted by atomic mass is 10.0. The molecule has 0 aliphatic carbocycles. The van der Waals surface area contributed by atoms with Gasteiger partial charge in [0.2, 0.25) is 5.91 Å². The van der Waals surface area contributed by atoms with Crippen molar-refractivity contribution in [2.75, 3.05) is 23.4 Å². The number of nitrogens with zero attached hydrogens (tertiary/aromatic N) is 1. The van der Waals surface area contributed by atoms with Gasteiger partial charge in [-0.1, -0.05) is 6.92 Å². The average molecular weight is 340 g/mol. The van der Waals surface area contributed by atoms with Crippen molar-refractivity contribution < 1.29 is 9.90 Å². The van der Waals surface area contributed by atoms with Gasteiger partial charge in [-0.25, -0.2) is 0 Å². The molecule has 0 spiro atoms. The minimum atomic E-state index is -0.596. The Bertz CT molecular complexity index is 564. The summed E-state index contributed by atoms with van der Waals surface area (Å²) in [6, 6.07) is 3.38. The Hall–Kier alpha value is -1.11. The topological polar surface area (TPSA) is 78.6 Å². The molecule has 0 aromatic heterocycles. The van der Waals surface area contributed by atoms with Gasteiger partial charge >= 0.3 is 0 Å². The van der Waals surface area contributed by atoms with Crippen LogP contribution < -0.4 is 16.0 Å². The fraction of sp³-hybridized carbons (Fsp3) is 0.500. The first-order valence-corrected chi connectivity index (χ1v) is 7.59. The molecule has 1 aromatic rings. The van der Waals surface area contributed by atoms with Crippen LogP contribution in [0.1, 0.15) is 24.9 Å². The van der Waals surface area contributed by atoms with Gasteiger partial charge in [0.1, 0.15) is 6.04 Å². The number of fused-ring (bicyclic) bond motifs is 1. The van der Waals surface area contributed by atoms with E-state index in [2.05, 4.69) is 33.1 Å². The maximum absolute atomic E-state index is 11.6. The van der Waals surface area contributed by atoms with Gasteiger partial charge in [0, 0.05) is 22.3 Å². The number of halogens is 1. The third-order valence-electron chi connectivity index (χ3n) is 4.37. The summed E-state index contributed by atoms with van der Waals surface area (Å²) in [6.07, 6.45) is 1.06. The lowest BCUT2D eigenvalue weighted by Crippen LogP contribution is -2.35. The average Bonchev–Trinajstić information content (AvgIpc) is 2.91. The molecule has 4 N–H and O–H groups in total. The SMILES string of the molecule is CC1CCN(c2cc3c(cc2Br)C(N)C(=O)N3)C1CO. The molecule has 3 atom stereocenters. The summed E-state index contributed by atoms with van der Waals surface area (Å²) in [4.78, 5) is 13.8. The Morgan fingerprint density at radius 1 is 1.55 bits per heavy atom. The smallest absolute Gasteiger partial charge is 0.245 e. The monoisotopic (exact) mass is 339 g/mol. The molecule has 20 heavy (non-hydrogen) atoms. The maximum atomic E-state index is 11.6. The van der Waals surface area contributed by atoms with Crippen molar-refractivity contribution >= 4 is 33.2 Å². The number of nitrogens with two attached hydrogens (primary N) is 1. The third-order valence-corrected chi connectivity index (χ3v) is 5.01. The summed E-state index contributed by atoms with van der Waals surface area (Å²) in [5, 5.41) is 12.4. The van der Waals surface area contributed by atoms with E-state index in [1.807, 2.05) is 12.1 Å². The quantitative estimate of drug-likeness (QED) is 0.764. The maximum Gasteiger partial charge on any atom is 0.245 e. The molecule has 1 fully saturated rings. The van der Waals surface area contributed by atoms with Crippen LogP contribution in [-0.4, -0.2) is 30.2 Å². The highest BCUT2D eigenvalue weighted by Crippen LogP contribution is 2.41. The Morgan fingerprint density at radius 2 is 2.30 bits per heavy atom. The summed E-state index contributed by atoms with van der Waals surface area (Å²) in [7, 11) is 0. The molecule has 1 saturated heterocycles. The van der Waals surface area contributed by atoms with Crippen molar-refractivity contribution in [3.05, 3.63) is 22.2 Å². The van der Waals surface area contributed by atoms with E-state index >= 15 is 0 Å². The second-order valence-electron chi connectivity index (χ2n) is 5.57. The number of anilines is 2. The number of rotatable bonds is 2. The molecule has 5 nitrogen and oxygen atoms in total. The summed E-state index contributed by atoms with van der Waals surface area (Å²) >= 11 is 3.57. The van der Waals surface area contributed by atoms with E-state index in [9.17, 15) is 9.90 Å². The van der Waals surface area contributed by atoms with Crippen molar-refractivity contribution in [3.8, 4) is 0 Å². The van der Waals surface area contributed by atoms with Crippen molar-refractivity contribution in [2.45, 2.75) is 25.4 Å². The number of carbonyl (C=O) groups is 1. The van der Waals surface area contributed by atoms with E-state index in [0.717, 1.165) is 34.4 Å². The molecule has 0 saturated carbocycles. The number of nitrogens with one attached hydrogen (secondary N) is 1. The number of aliphatic hydroxyl groups excluding tert-OH is 1. The first-order chi connectivity index (χ1) is 9.52. The number of benzene rings is 1. The van der Waals surface area contributed by atoms with E-state index in [0.29, 0.717) is 5.92 Å². The largest absolute Gasteiger partial charge is 0.394 e. The number of hydrogen-bond acceptors (Lipinski definition) is 4. The van der Waals surface area contributed by atoms with Gasteiger partial charge in [-0.3, -0.25) is 4.79 Å². The minimum Gasteiger partial charge on any atom is -0.394 e. The second-order valence-corrected chi connectivity index (χ2v) is 6.42. The fourth-order valence-electron chi connectivity index (χ4n) is 3.10. The number of aliphatic hydroxyl groups is 1. The van der Waals surface area contributed by atoms with Gasteiger partial charge in [-0.15, -0.1) is 0 Å². The lowest BCUT2D eigenvalue weighted by Gasteiger charge is -2.28. The highest BCUT2D eigenvalue weighted by molar-refractivity contribution is 9.10. The van der Waals surface area contributed by atoms with Crippen LogP contribution in [0.25, 0.3) is 0 Å². The molecule has 0 bridgehead atoms. The summed E-state index contributed by atoms with van der Waals surface area (Å²) in [5.74, 6) is 0.287. The molecule has 1 amide bonds. The van der Waals surface area contributed by atoms with Crippen LogP contribution in [0.15, 0.2) is 16.6 Å². The summed E-state index contributed by atoms with van der Waals surface area (Å²) in [6.45, 7) is 3.19. The van der Waals surface area contributed by atoms with Crippen LogP contribution >= 0.6 is 15.9 Å². The first-order valence-electron chi connectivity index (χ1n) is 6.80. The molecule has 6 heteroatoms. The van der Waals surface area contributed by atoms with E-state index in [-0.39, 0.29) is 18.6 Å². The van der Waals surface area contributed by atoms with Crippen molar-refractivity contribution in [1.29, 1.82) is 0 Å². The number of hydrogen-bond donors (Lipinski definition) is 3. The zero-order chi connectivity index (χ0) is 14.4. The van der Waals surface area contributed by atoms with E-state index < -0.39 is 6.04 Å². The van der Waals surface area contributed by atoms with Crippen LogP contribution in [0.3, 0.4) is 0 Å². The molecule has 0 radical (unpaired) electrons. The predicted molar refractivity (Wildman–Crippen MR) is 81.7 cm³/mol. The Morgan fingerprint density at radius 3 is 3.00 bits per heavy atom. The predicted octanol–water partition coefficient (Wildman–Crippen LogP) is 1.61. The molecule has 2 aliphatic heterocycles. The van der Waals surface area contributed by atoms with Crippen molar-refractivity contribution in [2.24, 2.45) is 11.7 Å². The van der Waals surface area contributed by atoms with Gasteiger partial charge in [-0.05, 0) is 40.4 Å². The Balaban J connectivity index is 2.00. The van der Waals surface area contributed by atoms with Crippen LogP contribution in [0.5, 0.6) is 0 Å². The Kier molecular flexibility index (Phi) is 3.48. The highest BCUT2D eigenvalue weighted by Gasteiger charge is 2.34. The Labute approximate surface area is 126 Å². The van der Waals surface area contributed by atoms with Gasteiger partial charge in [-0.2, -0.15) is 0 Å². The van der Waals surface area contributed by atoms with Crippen LogP contribution in [0.4, 0.5) is 11.4 Å². The molecule has 1 aromatic carbocycles. The van der Waals surface area contributed by atoms with Crippen molar-refractivity contribution in [3.63, 3.8) is 0 Å².